The number of nitro groups is 1. The number of carbonyl (C=O) groups excluding carboxylic acids is 1. The van der Waals surface area contributed by atoms with Gasteiger partial charge in [-0.1, -0.05) is 0 Å². The number of rotatable bonds is 5. The minimum Gasteiger partial charge on any atom is -0.374 e. The molecule has 1 aliphatic rings. The molecule has 1 amide bonds. The largest absolute Gasteiger partial charge is 0.374 e. The Bertz CT molecular complexity index is 524. The van der Waals surface area contributed by atoms with Crippen molar-refractivity contribution >= 4 is 17.3 Å². The van der Waals surface area contributed by atoms with Crippen molar-refractivity contribution in [2.75, 3.05) is 11.9 Å². The molecule has 6 nitrogen and oxygen atoms in total. The van der Waals surface area contributed by atoms with Gasteiger partial charge in [-0.05, 0) is 38.8 Å². The van der Waals surface area contributed by atoms with Crippen molar-refractivity contribution in [3.8, 4) is 0 Å². The summed E-state index contributed by atoms with van der Waals surface area (Å²) in [5, 5.41) is 16.8. The maximum Gasteiger partial charge on any atom is 0.292 e. The molecule has 2 rings (SSSR count). The standard InChI is InChI=1S/C13H17N3O3/c1-3-14-12(17)9-4-5-11(16(18)19)10(8-9)15-13(2)6-7-13/h4-5,8,15H,3,6-7H2,1-2H3,(H,14,17). The Hall–Kier alpha value is -2.11. The third-order valence-electron chi connectivity index (χ3n) is 3.23. The lowest BCUT2D eigenvalue weighted by atomic mass is 10.1. The summed E-state index contributed by atoms with van der Waals surface area (Å²) in [6, 6.07) is 4.40. The predicted octanol–water partition coefficient (Wildman–Crippen LogP) is 2.31. The molecule has 0 radical (unpaired) electrons. The van der Waals surface area contributed by atoms with E-state index in [1.165, 1.54) is 12.1 Å². The van der Waals surface area contributed by atoms with Gasteiger partial charge in [0.2, 0.25) is 0 Å². The van der Waals surface area contributed by atoms with Crippen molar-refractivity contribution in [1.29, 1.82) is 0 Å². The first-order valence-corrected chi connectivity index (χ1v) is 6.30. The molecule has 1 aromatic carbocycles. The smallest absolute Gasteiger partial charge is 0.292 e. The van der Waals surface area contributed by atoms with E-state index in [-0.39, 0.29) is 17.1 Å². The molecule has 102 valence electrons. The first-order valence-electron chi connectivity index (χ1n) is 6.30. The van der Waals surface area contributed by atoms with E-state index in [1.807, 2.05) is 13.8 Å². The minimum atomic E-state index is -0.435. The van der Waals surface area contributed by atoms with Crippen molar-refractivity contribution in [2.24, 2.45) is 0 Å². The fourth-order valence-corrected chi connectivity index (χ4v) is 1.84. The van der Waals surface area contributed by atoms with Crippen LogP contribution in [0.15, 0.2) is 18.2 Å². The van der Waals surface area contributed by atoms with Crippen LogP contribution in [0.25, 0.3) is 0 Å². The fraction of sp³-hybridized carbons (Fsp3) is 0.462. The van der Waals surface area contributed by atoms with E-state index >= 15 is 0 Å². The Morgan fingerprint density at radius 2 is 2.16 bits per heavy atom. The SMILES string of the molecule is CCNC(=O)c1ccc([N+](=O)[O-])c(NC2(C)CC2)c1. The third kappa shape index (κ3) is 3.01. The van der Waals surface area contributed by atoms with E-state index in [9.17, 15) is 14.9 Å². The average molecular weight is 263 g/mol. The van der Waals surface area contributed by atoms with E-state index < -0.39 is 4.92 Å². The zero-order chi connectivity index (χ0) is 14.0. The Labute approximate surface area is 111 Å². The fourth-order valence-electron chi connectivity index (χ4n) is 1.84. The average Bonchev–Trinajstić information content (AvgIpc) is 3.06. The Morgan fingerprint density at radius 3 is 2.68 bits per heavy atom. The molecule has 2 N–H and O–H groups in total. The maximum atomic E-state index is 11.8. The van der Waals surface area contributed by atoms with Crippen molar-refractivity contribution < 1.29 is 9.72 Å². The van der Waals surface area contributed by atoms with Crippen LogP contribution in [0.4, 0.5) is 11.4 Å². The molecule has 6 heteroatoms. The van der Waals surface area contributed by atoms with Gasteiger partial charge in [0.05, 0.1) is 4.92 Å². The molecule has 1 fully saturated rings. The zero-order valence-electron chi connectivity index (χ0n) is 11.0. The van der Waals surface area contributed by atoms with Crippen molar-refractivity contribution in [3.63, 3.8) is 0 Å². The van der Waals surface area contributed by atoms with Crippen LogP contribution < -0.4 is 10.6 Å². The van der Waals surface area contributed by atoms with Crippen LogP contribution in [-0.2, 0) is 0 Å². The van der Waals surface area contributed by atoms with Gasteiger partial charge in [0.1, 0.15) is 5.69 Å². The van der Waals surface area contributed by atoms with Crippen LogP contribution in [0.1, 0.15) is 37.0 Å². The number of hydrogen-bond acceptors (Lipinski definition) is 4. The van der Waals surface area contributed by atoms with Gasteiger partial charge in [-0.15, -0.1) is 0 Å². The summed E-state index contributed by atoms with van der Waals surface area (Å²) in [5.74, 6) is -0.221. The number of hydrogen-bond donors (Lipinski definition) is 2. The number of nitrogens with one attached hydrogen (secondary N) is 2. The Kier molecular flexibility index (Phi) is 3.42. The van der Waals surface area contributed by atoms with Gasteiger partial charge < -0.3 is 10.6 Å². The van der Waals surface area contributed by atoms with Crippen LogP contribution >= 0.6 is 0 Å². The number of amides is 1. The van der Waals surface area contributed by atoms with E-state index in [0.717, 1.165) is 12.8 Å². The molecule has 0 saturated heterocycles. The van der Waals surface area contributed by atoms with Crippen molar-refractivity contribution in [3.05, 3.63) is 33.9 Å². The topological polar surface area (TPSA) is 84.3 Å². The lowest BCUT2D eigenvalue weighted by molar-refractivity contribution is -0.384. The monoisotopic (exact) mass is 263 g/mol. The van der Waals surface area contributed by atoms with Gasteiger partial charge in [0.15, 0.2) is 0 Å². The van der Waals surface area contributed by atoms with E-state index in [4.69, 9.17) is 0 Å². The molecule has 1 aliphatic carbocycles. The summed E-state index contributed by atoms with van der Waals surface area (Å²) in [6.07, 6.45) is 1.96. The lowest BCUT2D eigenvalue weighted by Gasteiger charge is -2.14. The van der Waals surface area contributed by atoms with Crippen LogP contribution in [-0.4, -0.2) is 22.9 Å². The highest BCUT2D eigenvalue weighted by Gasteiger charge is 2.38. The molecule has 0 aliphatic heterocycles. The highest BCUT2D eigenvalue weighted by molar-refractivity contribution is 5.95. The van der Waals surface area contributed by atoms with Gasteiger partial charge in [0.25, 0.3) is 11.6 Å². The molecule has 0 aromatic heterocycles. The van der Waals surface area contributed by atoms with Crippen LogP contribution in [0.3, 0.4) is 0 Å². The molecule has 0 unspecified atom stereocenters. The number of nitro benzene ring substituents is 1. The van der Waals surface area contributed by atoms with Gasteiger partial charge in [-0.3, -0.25) is 14.9 Å². The van der Waals surface area contributed by atoms with Gasteiger partial charge in [-0.2, -0.15) is 0 Å². The molecule has 0 bridgehead atoms. The van der Waals surface area contributed by atoms with Gasteiger partial charge in [-0.25, -0.2) is 0 Å². The second-order valence-corrected chi connectivity index (χ2v) is 5.03. The van der Waals surface area contributed by atoms with Crippen LogP contribution in [0.5, 0.6) is 0 Å². The maximum absolute atomic E-state index is 11.8. The summed E-state index contributed by atoms with van der Waals surface area (Å²) in [7, 11) is 0. The van der Waals surface area contributed by atoms with Crippen LogP contribution in [0.2, 0.25) is 0 Å². The summed E-state index contributed by atoms with van der Waals surface area (Å²) < 4.78 is 0. The van der Waals surface area contributed by atoms with E-state index in [0.29, 0.717) is 17.8 Å². The van der Waals surface area contributed by atoms with Crippen molar-refractivity contribution in [2.45, 2.75) is 32.2 Å². The highest BCUT2D eigenvalue weighted by atomic mass is 16.6. The molecular weight excluding hydrogens is 246 g/mol. The second-order valence-electron chi connectivity index (χ2n) is 5.03. The molecule has 1 saturated carbocycles. The number of carbonyl (C=O) groups is 1. The van der Waals surface area contributed by atoms with E-state index in [1.54, 1.807) is 6.07 Å². The normalized spacial score (nSPS) is 15.7. The Morgan fingerprint density at radius 1 is 1.47 bits per heavy atom. The molecule has 0 heterocycles. The summed E-state index contributed by atoms with van der Waals surface area (Å²) in [5.41, 5.74) is 0.763. The third-order valence-corrected chi connectivity index (χ3v) is 3.23. The molecule has 1 aromatic rings. The molecular formula is C13H17N3O3. The van der Waals surface area contributed by atoms with Crippen LogP contribution in [0, 0.1) is 10.1 Å². The molecule has 0 atom stereocenters. The molecule has 19 heavy (non-hydrogen) atoms. The highest BCUT2D eigenvalue weighted by Crippen LogP contribution is 2.40. The molecule has 0 spiro atoms. The Balaban J connectivity index is 2.32. The first-order chi connectivity index (χ1) is 8.95. The number of anilines is 1. The second kappa shape index (κ2) is 4.87. The minimum absolute atomic E-state index is 0.00109. The number of benzene rings is 1. The van der Waals surface area contributed by atoms with Crippen molar-refractivity contribution in [1.82, 2.24) is 5.32 Å². The predicted molar refractivity (Wildman–Crippen MR) is 72.4 cm³/mol. The quantitative estimate of drug-likeness (QED) is 0.630. The van der Waals surface area contributed by atoms with Gasteiger partial charge >= 0.3 is 0 Å². The summed E-state index contributed by atoms with van der Waals surface area (Å²) >= 11 is 0. The number of nitrogens with zero attached hydrogens (tertiary/aromatic N) is 1. The first kappa shape index (κ1) is 13.3. The summed E-state index contributed by atoms with van der Waals surface area (Å²) in [6.45, 7) is 4.36. The zero-order valence-corrected chi connectivity index (χ0v) is 11.0. The lowest BCUT2D eigenvalue weighted by Crippen LogP contribution is -2.23. The van der Waals surface area contributed by atoms with Gasteiger partial charge in [0, 0.05) is 23.7 Å². The van der Waals surface area contributed by atoms with E-state index in [2.05, 4.69) is 10.6 Å². The summed E-state index contributed by atoms with van der Waals surface area (Å²) in [4.78, 5) is 22.3.